The number of nitrogens with zero attached hydrogens (tertiary/aromatic N) is 3. The number of aromatic nitrogens is 1. The molecule has 1 aromatic heterocycles. The van der Waals surface area contributed by atoms with Crippen molar-refractivity contribution < 1.29 is 14.1 Å². The van der Waals surface area contributed by atoms with Crippen LogP contribution in [0.2, 0.25) is 5.02 Å². The second-order valence-electron chi connectivity index (χ2n) is 8.55. The first-order valence-electron chi connectivity index (χ1n) is 11.4. The Balaban J connectivity index is 1.39. The summed E-state index contributed by atoms with van der Waals surface area (Å²) in [6.07, 6.45) is 3.71. The first-order valence-corrected chi connectivity index (χ1v) is 11.8. The van der Waals surface area contributed by atoms with Crippen molar-refractivity contribution in [2.75, 3.05) is 23.3 Å². The van der Waals surface area contributed by atoms with Gasteiger partial charge in [0.25, 0.3) is 11.6 Å². The highest BCUT2D eigenvalue weighted by molar-refractivity contribution is 6.30. The molecule has 0 bridgehead atoms. The number of hydrogen-bond donors (Lipinski definition) is 1. The Labute approximate surface area is 206 Å². The summed E-state index contributed by atoms with van der Waals surface area (Å²) in [5, 5.41) is 14.9. The smallest absolute Gasteiger partial charge is 0.270 e. The van der Waals surface area contributed by atoms with Crippen LogP contribution in [-0.2, 0) is 6.42 Å². The van der Waals surface area contributed by atoms with Gasteiger partial charge in [-0.05, 0) is 61.2 Å². The van der Waals surface area contributed by atoms with Crippen LogP contribution < -0.4 is 10.2 Å². The van der Waals surface area contributed by atoms with E-state index in [-0.39, 0.29) is 11.3 Å². The number of benzene rings is 3. The van der Waals surface area contributed by atoms with E-state index in [4.69, 9.17) is 16.0 Å². The first-order chi connectivity index (χ1) is 17.0. The molecule has 1 amide bonds. The van der Waals surface area contributed by atoms with Crippen LogP contribution in [0.1, 0.15) is 41.1 Å². The largest absolute Gasteiger partial charge is 0.440 e. The molecular formula is C26H23ClN4O4. The lowest BCUT2D eigenvalue weighted by Crippen LogP contribution is -2.31. The van der Waals surface area contributed by atoms with Crippen molar-refractivity contribution in [3.8, 4) is 0 Å². The van der Waals surface area contributed by atoms with Gasteiger partial charge < -0.3 is 14.6 Å². The van der Waals surface area contributed by atoms with Crippen LogP contribution in [0.15, 0.2) is 65.1 Å². The maximum atomic E-state index is 13.2. The summed E-state index contributed by atoms with van der Waals surface area (Å²) in [5.74, 6) is 0.148. The Bertz CT molecular complexity index is 1390. The van der Waals surface area contributed by atoms with Crippen LogP contribution in [0.4, 0.5) is 17.1 Å². The molecule has 2 heterocycles. The minimum absolute atomic E-state index is 0.116. The summed E-state index contributed by atoms with van der Waals surface area (Å²) >= 11 is 5.95. The summed E-state index contributed by atoms with van der Waals surface area (Å²) in [5.41, 5.74) is 3.65. The number of piperidine rings is 1. The average Bonchev–Trinajstić information content (AvgIpc) is 3.27. The molecule has 35 heavy (non-hydrogen) atoms. The molecule has 1 aliphatic heterocycles. The van der Waals surface area contributed by atoms with Crippen LogP contribution in [0, 0.1) is 10.1 Å². The lowest BCUT2D eigenvalue weighted by molar-refractivity contribution is -0.384. The van der Waals surface area contributed by atoms with Gasteiger partial charge in [0.1, 0.15) is 5.52 Å². The fraction of sp³-hybridized carbons (Fsp3) is 0.231. The van der Waals surface area contributed by atoms with E-state index >= 15 is 0 Å². The zero-order valence-corrected chi connectivity index (χ0v) is 19.6. The van der Waals surface area contributed by atoms with E-state index < -0.39 is 10.8 Å². The third-order valence-corrected chi connectivity index (χ3v) is 6.34. The van der Waals surface area contributed by atoms with Gasteiger partial charge in [0, 0.05) is 42.4 Å². The summed E-state index contributed by atoms with van der Waals surface area (Å²) < 4.78 is 5.85. The van der Waals surface area contributed by atoms with Crippen LogP contribution in [0.25, 0.3) is 11.1 Å². The standard InChI is InChI=1S/C26H23ClN4O4/c27-18-6-4-17(5-7-18)14-25-29-22-15-19(8-11-24(22)35-25)28-26(32)21-16-20(31(33)34)9-10-23(21)30-12-2-1-3-13-30/h4-11,15-16H,1-3,12-14H2,(H,28,32). The predicted octanol–water partition coefficient (Wildman–Crippen LogP) is 6.22. The minimum Gasteiger partial charge on any atom is -0.440 e. The molecule has 0 saturated carbocycles. The molecule has 178 valence electrons. The fourth-order valence-electron chi connectivity index (χ4n) is 4.33. The van der Waals surface area contributed by atoms with Gasteiger partial charge in [-0.2, -0.15) is 0 Å². The highest BCUT2D eigenvalue weighted by Gasteiger charge is 2.22. The third kappa shape index (κ3) is 5.12. The Morgan fingerprint density at radius 2 is 1.83 bits per heavy atom. The van der Waals surface area contributed by atoms with Gasteiger partial charge in [0.2, 0.25) is 0 Å². The van der Waals surface area contributed by atoms with Crippen molar-refractivity contribution in [1.29, 1.82) is 0 Å². The zero-order chi connectivity index (χ0) is 24.4. The van der Waals surface area contributed by atoms with Crippen LogP contribution in [-0.4, -0.2) is 28.9 Å². The molecule has 4 aromatic rings. The van der Waals surface area contributed by atoms with Crippen LogP contribution >= 0.6 is 11.6 Å². The molecule has 0 atom stereocenters. The van der Waals surface area contributed by atoms with Crippen LogP contribution in [0.3, 0.4) is 0 Å². The summed E-state index contributed by atoms with van der Waals surface area (Å²) in [6, 6.07) is 17.2. The van der Waals surface area contributed by atoms with E-state index in [1.807, 2.05) is 24.3 Å². The maximum Gasteiger partial charge on any atom is 0.270 e. The number of nitrogens with one attached hydrogen (secondary N) is 1. The number of nitro groups is 1. The molecular weight excluding hydrogens is 468 g/mol. The molecule has 3 aromatic carbocycles. The van der Waals surface area contributed by atoms with Crippen molar-refractivity contribution >= 4 is 45.7 Å². The fourth-order valence-corrected chi connectivity index (χ4v) is 4.46. The Hall–Kier alpha value is -3.91. The average molecular weight is 491 g/mol. The molecule has 9 heteroatoms. The molecule has 1 fully saturated rings. The van der Waals surface area contributed by atoms with Gasteiger partial charge in [-0.1, -0.05) is 23.7 Å². The summed E-state index contributed by atoms with van der Waals surface area (Å²) in [4.78, 5) is 30.8. The molecule has 1 aliphatic rings. The lowest BCUT2D eigenvalue weighted by Gasteiger charge is -2.30. The van der Waals surface area contributed by atoms with E-state index in [9.17, 15) is 14.9 Å². The summed E-state index contributed by atoms with van der Waals surface area (Å²) in [6.45, 7) is 1.64. The van der Waals surface area contributed by atoms with Gasteiger partial charge >= 0.3 is 0 Å². The van der Waals surface area contributed by atoms with Gasteiger partial charge in [-0.3, -0.25) is 14.9 Å². The van der Waals surface area contributed by atoms with Gasteiger partial charge in [0.05, 0.1) is 16.2 Å². The van der Waals surface area contributed by atoms with Gasteiger partial charge in [-0.15, -0.1) is 0 Å². The van der Waals surface area contributed by atoms with Gasteiger partial charge in [-0.25, -0.2) is 4.98 Å². The number of carbonyl (C=O) groups excluding carboxylic acids is 1. The minimum atomic E-state index is -0.486. The van der Waals surface area contributed by atoms with Crippen molar-refractivity contribution in [3.63, 3.8) is 0 Å². The topological polar surface area (TPSA) is 102 Å². The lowest BCUT2D eigenvalue weighted by atomic mass is 10.1. The second-order valence-corrected chi connectivity index (χ2v) is 8.99. The van der Waals surface area contributed by atoms with Crippen molar-refractivity contribution in [3.05, 3.63) is 92.8 Å². The number of non-ortho nitro benzene ring substituents is 1. The number of hydrogen-bond acceptors (Lipinski definition) is 6. The van der Waals surface area contributed by atoms with E-state index in [2.05, 4.69) is 15.2 Å². The van der Waals surface area contributed by atoms with Crippen molar-refractivity contribution in [2.45, 2.75) is 25.7 Å². The normalized spacial score (nSPS) is 13.7. The molecule has 0 spiro atoms. The van der Waals surface area contributed by atoms with Crippen molar-refractivity contribution in [2.24, 2.45) is 0 Å². The predicted molar refractivity (Wildman–Crippen MR) is 135 cm³/mol. The highest BCUT2D eigenvalue weighted by atomic mass is 35.5. The molecule has 0 aliphatic carbocycles. The molecule has 1 saturated heterocycles. The summed E-state index contributed by atoms with van der Waals surface area (Å²) in [7, 11) is 0. The monoisotopic (exact) mass is 490 g/mol. The van der Waals surface area contributed by atoms with E-state index in [0.29, 0.717) is 39.8 Å². The molecule has 5 rings (SSSR count). The van der Waals surface area contributed by atoms with Gasteiger partial charge in [0.15, 0.2) is 11.5 Å². The molecule has 1 N–H and O–H groups in total. The maximum absolute atomic E-state index is 13.2. The number of nitro benzene ring substituents is 1. The first kappa shape index (κ1) is 22.9. The quantitative estimate of drug-likeness (QED) is 0.254. The Morgan fingerprint density at radius 1 is 1.06 bits per heavy atom. The molecule has 8 nitrogen and oxygen atoms in total. The third-order valence-electron chi connectivity index (χ3n) is 6.09. The SMILES string of the molecule is O=C(Nc1ccc2oc(Cc3ccc(Cl)cc3)nc2c1)c1cc([N+](=O)[O-])ccc1N1CCCCC1. The Kier molecular flexibility index (Phi) is 6.37. The number of amides is 1. The van der Waals surface area contributed by atoms with Crippen LogP contribution in [0.5, 0.6) is 0 Å². The van der Waals surface area contributed by atoms with E-state index in [0.717, 1.165) is 37.9 Å². The number of carbonyl (C=O) groups is 1. The second kappa shape index (κ2) is 9.76. The number of anilines is 2. The molecule has 0 radical (unpaired) electrons. The number of rotatable bonds is 6. The number of halogens is 1. The number of oxazole rings is 1. The van der Waals surface area contributed by atoms with Crippen molar-refractivity contribution in [1.82, 2.24) is 4.98 Å². The van der Waals surface area contributed by atoms with E-state index in [1.54, 1.807) is 24.3 Å². The highest BCUT2D eigenvalue weighted by Crippen LogP contribution is 2.29. The Morgan fingerprint density at radius 3 is 2.57 bits per heavy atom. The zero-order valence-electron chi connectivity index (χ0n) is 18.9. The number of fused-ring (bicyclic) bond motifs is 1. The van der Waals surface area contributed by atoms with E-state index in [1.165, 1.54) is 12.1 Å². The molecule has 0 unspecified atom stereocenters.